The minimum Gasteiger partial charge on any atom is -0.494 e. The van der Waals surface area contributed by atoms with E-state index in [1.807, 2.05) is 6.92 Å². The summed E-state index contributed by atoms with van der Waals surface area (Å²) in [6, 6.07) is 13.1. The molecule has 0 amide bonds. The summed E-state index contributed by atoms with van der Waals surface area (Å²) in [6.07, 6.45) is 2.20. The zero-order chi connectivity index (χ0) is 22.6. The molecule has 0 aromatic heterocycles. The van der Waals surface area contributed by atoms with Crippen LogP contribution in [-0.4, -0.2) is 66.4 Å². The van der Waals surface area contributed by atoms with Crippen LogP contribution in [0.15, 0.2) is 47.4 Å². The second-order valence-electron chi connectivity index (χ2n) is 8.33. The topological polar surface area (TPSA) is 71.1 Å². The Morgan fingerprint density at radius 1 is 1.09 bits per heavy atom. The first-order chi connectivity index (χ1) is 15.5. The van der Waals surface area contributed by atoms with E-state index in [1.54, 1.807) is 24.3 Å². The zero-order valence-electron chi connectivity index (χ0n) is 18.9. The molecule has 0 saturated carbocycles. The maximum absolute atomic E-state index is 13.0. The normalized spacial score (nSPS) is 18.2. The van der Waals surface area contributed by atoms with Crippen LogP contribution in [-0.2, 0) is 21.2 Å². The van der Waals surface area contributed by atoms with E-state index < -0.39 is 10.0 Å². The largest absolute Gasteiger partial charge is 0.494 e. The molecule has 4 rings (SSSR count). The van der Waals surface area contributed by atoms with Crippen molar-refractivity contribution in [3.05, 3.63) is 53.6 Å². The fourth-order valence-electron chi connectivity index (χ4n) is 4.51. The Morgan fingerprint density at radius 3 is 2.56 bits per heavy atom. The van der Waals surface area contributed by atoms with E-state index in [2.05, 4.69) is 39.8 Å². The number of hydrogen-bond donors (Lipinski definition) is 1. The van der Waals surface area contributed by atoms with Gasteiger partial charge in [-0.25, -0.2) is 13.1 Å². The highest BCUT2D eigenvalue weighted by Gasteiger charge is 2.26. The molecule has 1 atom stereocenters. The van der Waals surface area contributed by atoms with Crippen LogP contribution in [0.3, 0.4) is 0 Å². The van der Waals surface area contributed by atoms with Crippen molar-refractivity contribution < 1.29 is 17.9 Å². The number of fused-ring (bicyclic) bond motifs is 1. The Kier molecular flexibility index (Phi) is 7.35. The van der Waals surface area contributed by atoms with Crippen molar-refractivity contribution in [1.82, 2.24) is 9.62 Å². The van der Waals surface area contributed by atoms with Gasteiger partial charge in [-0.1, -0.05) is 12.1 Å². The standard InChI is InChI=1S/C24H33N3O4S/c1-3-31-21-7-9-22(10-8-21)32(28,29)25-18-24(27-13-15-30-16-14-27)20-6-11-23-19(17-20)5-4-12-26(23)2/h6-11,17,24-25H,3-5,12-16,18H2,1-2H3/t24-/m1/s1. The van der Waals surface area contributed by atoms with Crippen molar-refractivity contribution in [3.63, 3.8) is 0 Å². The van der Waals surface area contributed by atoms with E-state index in [1.165, 1.54) is 11.3 Å². The molecule has 8 heteroatoms. The summed E-state index contributed by atoms with van der Waals surface area (Å²) >= 11 is 0. The number of nitrogens with zero attached hydrogens (tertiary/aromatic N) is 2. The Labute approximate surface area is 191 Å². The lowest BCUT2D eigenvalue weighted by Gasteiger charge is -2.36. The van der Waals surface area contributed by atoms with Gasteiger partial charge in [-0.3, -0.25) is 4.90 Å². The fourth-order valence-corrected chi connectivity index (χ4v) is 5.55. The fraction of sp³-hybridized carbons (Fsp3) is 0.500. The molecule has 0 bridgehead atoms. The summed E-state index contributed by atoms with van der Waals surface area (Å²) in [5.41, 5.74) is 3.76. The third kappa shape index (κ3) is 5.26. The van der Waals surface area contributed by atoms with Crippen molar-refractivity contribution in [2.75, 3.05) is 57.9 Å². The molecule has 0 radical (unpaired) electrons. The molecule has 0 spiro atoms. The second kappa shape index (κ2) is 10.2. The van der Waals surface area contributed by atoms with Crippen molar-refractivity contribution in [3.8, 4) is 5.75 Å². The summed E-state index contributed by atoms with van der Waals surface area (Å²) in [5.74, 6) is 0.664. The van der Waals surface area contributed by atoms with Crippen LogP contribution < -0.4 is 14.4 Å². The summed E-state index contributed by atoms with van der Waals surface area (Å²) in [4.78, 5) is 4.85. The molecule has 2 aromatic rings. The number of benzene rings is 2. The van der Waals surface area contributed by atoms with Crippen molar-refractivity contribution >= 4 is 15.7 Å². The second-order valence-corrected chi connectivity index (χ2v) is 10.1. The average Bonchev–Trinajstić information content (AvgIpc) is 2.81. The van der Waals surface area contributed by atoms with Crippen molar-refractivity contribution in [1.29, 1.82) is 0 Å². The number of sulfonamides is 1. The molecule has 1 N–H and O–H groups in total. The predicted molar refractivity (Wildman–Crippen MR) is 126 cm³/mol. The number of hydrogen-bond acceptors (Lipinski definition) is 6. The molecular formula is C24H33N3O4S. The molecule has 0 unspecified atom stereocenters. The lowest BCUT2D eigenvalue weighted by Crippen LogP contribution is -2.43. The molecule has 2 aromatic carbocycles. The van der Waals surface area contributed by atoms with Gasteiger partial charge in [0.25, 0.3) is 0 Å². The maximum atomic E-state index is 13.0. The Morgan fingerprint density at radius 2 is 1.84 bits per heavy atom. The van der Waals surface area contributed by atoms with E-state index in [4.69, 9.17) is 9.47 Å². The van der Waals surface area contributed by atoms with Crippen LogP contribution in [0, 0.1) is 0 Å². The zero-order valence-corrected chi connectivity index (χ0v) is 19.7. The Balaban J connectivity index is 1.55. The first-order valence-electron chi connectivity index (χ1n) is 11.4. The van der Waals surface area contributed by atoms with Gasteiger partial charge in [-0.05, 0) is 61.2 Å². The Hall–Kier alpha value is -2.13. The van der Waals surface area contributed by atoms with Crippen LogP contribution in [0.1, 0.15) is 30.5 Å². The summed E-state index contributed by atoms with van der Waals surface area (Å²) in [6.45, 7) is 6.72. The van der Waals surface area contributed by atoms with Gasteiger partial charge in [0, 0.05) is 45.0 Å². The predicted octanol–water partition coefficient (Wildman–Crippen LogP) is 2.82. The van der Waals surface area contributed by atoms with Gasteiger partial charge in [0.2, 0.25) is 10.0 Å². The van der Waals surface area contributed by atoms with Crippen molar-refractivity contribution in [2.45, 2.75) is 30.7 Å². The maximum Gasteiger partial charge on any atom is 0.240 e. The summed E-state index contributed by atoms with van der Waals surface area (Å²) in [7, 11) is -1.50. The quantitative estimate of drug-likeness (QED) is 0.655. The highest BCUT2D eigenvalue weighted by Crippen LogP contribution is 2.31. The van der Waals surface area contributed by atoms with Gasteiger partial charge >= 0.3 is 0 Å². The minimum absolute atomic E-state index is 0.0473. The average molecular weight is 460 g/mol. The first-order valence-corrected chi connectivity index (χ1v) is 12.8. The molecule has 1 fully saturated rings. The van der Waals surface area contributed by atoms with E-state index in [-0.39, 0.29) is 10.9 Å². The van der Waals surface area contributed by atoms with Crippen LogP contribution in [0.2, 0.25) is 0 Å². The Bertz CT molecular complexity index is 1000. The van der Waals surface area contributed by atoms with Gasteiger partial charge < -0.3 is 14.4 Å². The molecule has 2 heterocycles. The molecule has 32 heavy (non-hydrogen) atoms. The van der Waals surface area contributed by atoms with Gasteiger partial charge in [0.1, 0.15) is 5.75 Å². The van der Waals surface area contributed by atoms with Gasteiger partial charge in [-0.15, -0.1) is 0 Å². The minimum atomic E-state index is -3.63. The van der Waals surface area contributed by atoms with Gasteiger partial charge in [0.05, 0.1) is 24.7 Å². The monoisotopic (exact) mass is 459 g/mol. The SMILES string of the molecule is CCOc1ccc(S(=O)(=O)NC[C@H](c2ccc3c(c2)CCCN3C)N2CCOCC2)cc1. The number of rotatable bonds is 8. The lowest BCUT2D eigenvalue weighted by molar-refractivity contribution is 0.0172. The highest BCUT2D eigenvalue weighted by atomic mass is 32.2. The molecule has 2 aliphatic heterocycles. The number of nitrogens with one attached hydrogen (secondary N) is 1. The highest BCUT2D eigenvalue weighted by molar-refractivity contribution is 7.89. The van der Waals surface area contributed by atoms with Gasteiger partial charge in [0.15, 0.2) is 0 Å². The third-order valence-electron chi connectivity index (χ3n) is 6.24. The van der Waals surface area contributed by atoms with Crippen LogP contribution in [0.4, 0.5) is 5.69 Å². The first kappa shape index (κ1) is 23.0. The molecule has 7 nitrogen and oxygen atoms in total. The van der Waals surface area contributed by atoms with Gasteiger partial charge in [-0.2, -0.15) is 0 Å². The number of anilines is 1. The molecule has 1 saturated heterocycles. The number of morpholine rings is 1. The molecule has 174 valence electrons. The summed E-state index contributed by atoms with van der Waals surface area (Å²) < 4.78 is 39.8. The van der Waals surface area contributed by atoms with E-state index in [9.17, 15) is 8.42 Å². The third-order valence-corrected chi connectivity index (χ3v) is 7.68. The van der Waals surface area contributed by atoms with Crippen molar-refractivity contribution in [2.24, 2.45) is 0 Å². The van der Waals surface area contributed by atoms with Crippen LogP contribution >= 0.6 is 0 Å². The molecule has 2 aliphatic rings. The molecule has 0 aliphatic carbocycles. The smallest absolute Gasteiger partial charge is 0.240 e. The van der Waals surface area contributed by atoms with Crippen LogP contribution in [0.5, 0.6) is 5.75 Å². The van der Waals surface area contributed by atoms with E-state index in [0.29, 0.717) is 32.1 Å². The van der Waals surface area contributed by atoms with E-state index >= 15 is 0 Å². The number of aryl methyl sites for hydroxylation is 1. The lowest BCUT2D eigenvalue weighted by atomic mass is 9.96. The van der Waals surface area contributed by atoms with E-state index in [0.717, 1.165) is 38.0 Å². The summed E-state index contributed by atoms with van der Waals surface area (Å²) in [5, 5.41) is 0. The number of ether oxygens (including phenoxy) is 2. The van der Waals surface area contributed by atoms with Crippen LogP contribution in [0.25, 0.3) is 0 Å². The molecular weight excluding hydrogens is 426 g/mol.